The van der Waals surface area contributed by atoms with Gasteiger partial charge >= 0.3 is 0 Å². The van der Waals surface area contributed by atoms with E-state index in [2.05, 4.69) is 10.3 Å². The highest BCUT2D eigenvalue weighted by molar-refractivity contribution is 8.18. The van der Waals surface area contributed by atoms with Crippen LogP contribution in [0.1, 0.15) is 5.56 Å². The lowest BCUT2D eigenvalue weighted by molar-refractivity contribution is -0.115. The molecule has 2 aromatic carbocycles. The Morgan fingerprint density at radius 3 is 2.68 bits per heavy atom. The molecule has 1 saturated heterocycles. The molecule has 25 heavy (non-hydrogen) atoms. The topological polar surface area (TPSA) is 59.9 Å². The molecule has 0 spiro atoms. The molecule has 1 aliphatic rings. The fourth-order valence-corrected chi connectivity index (χ4v) is 3.03. The summed E-state index contributed by atoms with van der Waals surface area (Å²) in [5, 5.41) is 3.07. The van der Waals surface area contributed by atoms with E-state index in [0.29, 0.717) is 32.8 Å². The lowest BCUT2D eigenvalue weighted by Crippen LogP contribution is -2.19. The van der Waals surface area contributed by atoms with E-state index in [1.54, 1.807) is 43.5 Å². The number of carbonyl (C=O) groups is 1. The van der Waals surface area contributed by atoms with Crippen LogP contribution in [0.25, 0.3) is 6.08 Å². The molecular formula is C18H15FN2O3S. The minimum Gasteiger partial charge on any atom is -0.497 e. The zero-order valence-corrected chi connectivity index (χ0v) is 14.4. The second-order valence-corrected chi connectivity index (χ2v) is 6.07. The summed E-state index contributed by atoms with van der Waals surface area (Å²) in [5.74, 6) is 0.461. The number of nitrogens with zero attached hydrogens (tertiary/aromatic N) is 1. The third-order valence-corrected chi connectivity index (χ3v) is 4.36. The zero-order valence-electron chi connectivity index (χ0n) is 13.6. The lowest BCUT2D eigenvalue weighted by Gasteiger charge is -2.07. The van der Waals surface area contributed by atoms with Gasteiger partial charge in [-0.05, 0) is 36.0 Å². The van der Waals surface area contributed by atoms with Gasteiger partial charge in [-0.2, -0.15) is 0 Å². The standard InChI is InChI=1S/C18H15FN2O3S/c1-23-12-7-8-14(15(10-12)24-2)20-18-21-17(22)16(25-18)9-11-5-3-4-6-13(11)19/h3-10H,1-2H3,(H,20,21,22). The number of amides is 1. The number of carbonyl (C=O) groups excluding carboxylic acids is 1. The Morgan fingerprint density at radius 1 is 1.16 bits per heavy atom. The van der Waals surface area contributed by atoms with Crippen LogP contribution >= 0.6 is 11.8 Å². The third-order valence-electron chi connectivity index (χ3n) is 3.45. The molecule has 1 amide bonds. The normalized spacial score (nSPS) is 17.0. The summed E-state index contributed by atoms with van der Waals surface area (Å²) in [6.45, 7) is 0. The van der Waals surface area contributed by atoms with E-state index in [-0.39, 0.29) is 11.7 Å². The molecule has 0 aromatic heterocycles. The maximum Gasteiger partial charge on any atom is 0.264 e. The fraction of sp³-hybridized carbons (Fsp3) is 0.111. The number of halogens is 1. The fourth-order valence-electron chi connectivity index (χ4n) is 2.20. The molecule has 0 unspecified atom stereocenters. The number of methoxy groups -OCH3 is 2. The monoisotopic (exact) mass is 358 g/mol. The molecule has 128 valence electrons. The maximum absolute atomic E-state index is 13.7. The van der Waals surface area contributed by atoms with Gasteiger partial charge in [0, 0.05) is 11.6 Å². The van der Waals surface area contributed by atoms with Gasteiger partial charge in [0.25, 0.3) is 5.91 Å². The Morgan fingerprint density at radius 2 is 1.96 bits per heavy atom. The Labute approximate surface area is 148 Å². The molecule has 0 atom stereocenters. The molecule has 0 aliphatic carbocycles. The predicted molar refractivity (Wildman–Crippen MR) is 96.8 cm³/mol. The van der Waals surface area contributed by atoms with Crippen molar-refractivity contribution in [3.05, 3.63) is 58.8 Å². The van der Waals surface area contributed by atoms with Crippen molar-refractivity contribution in [1.82, 2.24) is 5.32 Å². The molecule has 1 heterocycles. The Bertz CT molecular complexity index is 880. The molecule has 1 aliphatic heterocycles. The number of hydrogen-bond donors (Lipinski definition) is 1. The summed E-state index contributed by atoms with van der Waals surface area (Å²) in [7, 11) is 3.09. The second kappa shape index (κ2) is 7.40. The van der Waals surface area contributed by atoms with Gasteiger partial charge in [0.15, 0.2) is 5.17 Å². The Balaban J connectivity index is 1.88. The molecule has 0 bridgehead atoms. The maximum atomic E-state index is 13.7. The van der Waals surface area contributed by atoms with Crippen molar-refractivity contribution in [2.45, 2.75) is 0 Å². The Hall–Kier alpha value is -2.80. The SMILES string of the molecule is COc1ccc(N=C2NC(=O)C(=Cc3ccccc3F)S2)c(OC)c1. The third kappa shape index (κ3) is 3.83. The minimum absolute atomic E-state index is 0.320. The van der Waals surface area contributed by atoms with Crippen LogP contribution in [-0.4, -0.2) is 25.3 Å². The number of nitrogens with one attached hydrogen (secondary N) is 1. The summed E-state index contributed by atoms with van der Waals surface area (Å²) in [5.41, 5.74) is 0.904. The smallest absolute Gasteiger partial charge is 0.264 e. The summed E-state index contributed by atoms with van der Waals surface area (Å²) in [4.78, 5) is 16.9. The second-order valence-electron chi connectivity index (χ2n) is 5.04. The van der Waals surface area contributed by atoms with Gasteiger partial charge in [-0.1, -0.05) is 18.2 Å². The van der Waals surface area contributed by atoms with Crippen molar-refractivity contribution in [3.63, 3.8) is 0 Å². The van der Waals surface area contributed by atoms with E-state index >= 15 is 0 Å². The molecule has 2 aromatic rings. The van der Waals surface area contributed by atoms with E-state index in [4.69, 9.17) is 9.47 Å². The van der Waals surface area contributed by atoms with Crippen LogP contribution in [0.3, 0.4) is 0 Å². The average Bonchev–Trinajstić information content (AvgIpc) is 2.96. The van der Waals surface area contributed by atoms with Crippen LogP contribution in [0.15, 0.2) is 52.4 Å². The van der Waals surface area contributed by atoms with Gasteiger partial charge in [-0.15, -0.1) is 0 Å². The van der Waals surface area contributed by atoms with E-state index in [1.807, 2.05) is 0 Å². The number of rotatable bonds is 4. The van der Waals surface area contributed by atoms with Crippen LogP contribution in [-0.2, 0) is 4.79 Å². The molecular weight excluding hydrogens is 343 g/mol. The van der Waals surface area contributed by atoms with Gasteiger partial charge in [0.2, 0.25) is 0 Å². The first kappa shape index (κ1) is 17.0. The first-order chi connectivity index (χ1) is 12.1. The molecule has 0 radical (unpaired) electrons. The number of benzene rings is 2. The van der Waals surface area contributed by atoms with Crippen molar-refractivity contribution in [3.8, 4) is 11.5 Å². The van der Waals surface area contributed by atoms with Crippen LogP contribution in [0, 0.1) is 5.82 Å². The molecule has 7 heteroatoms. The lowest BCUT2D eigenvalue weighted by atomic mass is 10.2. The van der Waals surface area contributed by atoms with Crippen molar-refractivity contribution in [2.75, 3.05) is 14.2 Å². The van der Waals surface area contributed by atoms with Gasteiger partial charge in [0.1, 0.15) is 23.0 Å². The van der Waals surface area contributed by atoms with Crippen LogP contribution in [0.5, 0.6) is 11.5 Å². The number of aliphatic imine (C=N–C) groups is 1. The van der Waals surface area contributed by atoms with E-state index < -0.39 is 0 Å². The first-order valence-corrected chi connectivity index (χ1v) is 8.18. The highest BCUT2D eigenvalue weighted by Gasteiger charge is 2.24. The van der Waals surface area contributed by atoms with Gasteiger partial charge < -0.3 is 14.8 Å². The molecule has 3 rings (SSSR count). The molecule has 0 saturated carbocycles. The summed E-state index contributed by atoms with van der Waals surface area (Å²) in [6, 6.07) is 11.5. The molecule has 1 fully saturated rings. The highest BCUT2D eigenvalue weighted by atomic mass is 32.2. The van der Waals surface area contributed by atoms with E-state index in [9.17, 15) is 9.18 Å². The van der Waals surface area contributed by atoms with Gasteiger partial charge in [0.05, 0.1) is 19.1 Å². The van der Waals surface area contributed by atoms with Crippen molar-refractivity contribution in [1.29, 1.82) is 0 Å². The first-order valence-electron chi connectivity index (χ1n) is 7.37. The number of hydrogen-bond acceptors (Lipinski definition) is 5. The summed E-state index contributed by atoms with van der Waals surface area (Å²) < 4.78 is 24.2. The van der Waals surface area contributed by atoms with E-state index in [1.165, 1.54) is 19.3 Å². The van der Waals surface area contributed by atoms with Crippen LogP contribution in [0.4, 0.5) is 10.1 Å². The zero-order chi connectivity index (χ0) is 17.8. The van der Waals surface area contributed by atoms with Crippen LogP contribution < -0.4 is 14.8 Å². The Kier molecular flexibility index (Phi) is 5.04. The van der Waals surface area contributed by atoms with Gasteiger partial charge in [-0.3, -0.25) is 4.79 Å². The van der Waals surface area contributed by atoms with Gasteiger partial charge in [-0.25, -0.2) is 9.38 Å². The van der Waals surface area contributed by atoms with Crippen molar-refractivity contribution >= 4 is 34.6 Å². The molecule has 5 nitrogen and oxygen atoms in total. The largest absolute Gasteiger partial charge is 0.497 e. The van der Waals surface area contributed by atoms with E-state index in [0.717, 1.165) is 11.8 Å². The number of amidine groups is 1. The quantitative estimate of drug-likeness (QED) is 0.846. The summed E-state index contributed by atoms with van der Waals surface area (Å²) >= 11 is 1.14. The van der Waals surface area contributed by atoms with Crippen LogP contribution in [0.2, 0.25) is 0 Å². The number of thioether (sulfide) groups is 1. The predicted octanol–water partition coefficient (Wildman–Crippen LogP) is 3.73. The average molecular weight is 358 g/mol. The van der Waals surface area contributed by atoms with Crippen molar-refractivity contribution in [2.24, 2.45) is 4.99 Å². The minimum atomic E-state index is -0.384. The summed E-state index contributed by atoms with van der Waals surface area (Å²) in [6.07, 6.45) is 1.50. The highest BCUT2D eigenvalue weighted by Crippen LogP contribution is 2.34. The molecule has 1 N–H and O–H groups in total. The number of ether oxygens (including phenoxy) is 2. The van der Waals surface area contributed by atoms with Crippen molar-refractivity contribution < 1.29 is 18.7 Å².